The van der Waals surface area contributed by atoms with Gasteiger partial charge < -0.3 is 9.64 Å². The molecule has 31 heavy (non-hydrogen) atoms. The van der Waals surface area contributed by atoms with E-state index in [1.165, 1.54) is 4.90 Å². The van der Waals surface area contributed by atoms with Gasteiger partial charge >= 0.3 is 0 Å². The molecule has 2 aliphatic heterocycles. The highest BCUT2D eigenvalue weighted by molar-refractivity contribution is 8.15. The molecule has 0 aromatic heterocycles. The van der Waals surface area contributed by atoms with E-state index in [1.54, 1.807) is 0 Å². The molecule has 0 saturated carbocycles. The van der Waals surface area contributed by atoms with Crippen LogP contribution in [0, 0.1) is 0 Å². The minimum atomic E-state index is -0.363. The number of hydrogen-bond donors (Lipinski definition) is 0. The number of fused-ring (bicyclic) bond motifs is 1. The van der Waals surface area contributed by atoms with Crippen LogP contribution in [0.3, 0.4) is 0 Å². The fraction of sp³-hybridized carbons (Fsp3) is 0.292. The molecular weight excluding hydrogens is 410 g/mol. The summed E-state index contributed by atoms with van der Waals surface area (Å²) in [5.41, 5.74) is 3.80. The maximum atomic E-state index is 12.5. The number of benzene rings is 2. The van der Waals surface area contributed by atoms with E-state index in [1.807, 2.05) is 74.3 Å². The molecule has 0 aliphatic carbocycles. The monoisotopic (exact) mass is 435 g/mol. The Morgan fingerprint density at radius 3 is 2.52 bits per heavy atom. The molecule has 0 spiro atoms. The average molecular weight is 436 g/mol. The van der Waals surface area contributed by atoms with Gasteiger partial charge in [-0.2, -0.15) is 0 Å². The summed E-state index contributed by atoms with van der Waals surface area (Å²) in [4.78, 5) is 32.5. The zero-order valence-electron chi connectivity index (χ0n) is 17.9. The van der Waals surface area contributed by atoms with Gasteiger partial charge in [0.1, 0.15) is 18.2 Å². The van der Waals surface area contributed by atoms with Gasteiger partial charge in [-0.05, 0) is 44.0 Å². The predicted octanol–water partition coefficient (Wildman–Crippen LogP) is 4.73. The zero-order chi connectivity index (χ0) is 22.1. The quantitative estimate of drug-likeness (QED) is 0.657. The van der Waals surface area contributed by atoms with E-state index in [-0.39, 0.29) is 22.4 Å². The normalized spacial score (nSPS) is 18.5. The summed E-state index contributed by atoms with van der Waals surface area (Å²) in [7, 11) is 1.93. The molecule has 0 N–H and O–H groups in total. The van der Waals surface area contributed by atoms with Crippen LogP contribution in [-0.4, -0.2) is 51.7 Å². The zero-order valence-corrected chi connectivity index (χ0v) is 18.7. The van der Waals surface area contributed by atoms with Gasteiger partial charge in [0.05, 0.1) is 10.9 Å². The van der Waals surface area contributed by atoms with E-state index >= 15 is 0 Å². The number of likely N-dealkylation sites (N-methyl/N-ethyl adjacent to an activating group) is 1. The van der Waals surface area contributed by atoms with Crippen LogP contribution in [0.4, 0.5) is 10.5 Å². The summed E-state index contributed by atoms with van der Waals surface area (Å²) in [5, 5.41) is -0.525. The van der Waals surface area contributed by atoms with E-state index in [4.69, 9.17) is 9.73 Å². The molecule has 2 aliphatic rings. The average Bonchev–Trinajstić information content (AvgIpc) is 3.03. The maximum absolute atomic E-state index is 12.5. The molecule has 6 nitrogen and oxygen atoms in total. The SMILES string of the molecule is C=C1c2ccccc2N=C(COc2ccc(CC3SC(=O)N(C(C)C)C3=O)cc2)N1C. The number of aliphatic imine (C=N–C) groups is 1. The van der Waals surface area contributed by atoms with Crippen LogP contribution < -0.4 is 4.74 Å². The summed E-state index contributed by atoms with van der Waals surface area (Å²) in [6, 6.07) is 15.4. The molecule has 0 radical (unpaired) electrons. The van der Waals surface area contributed by atoms with E-state index in [0.717, 1.165) is 45.9 Å². The van der Waals surface area contributed by atoms with Gasteiger partial charge in [-0.15, -0.1) is 0 Å². The minimum absolute atomic E-state index is 0.107. The molecule has 7 heteroatoms. The molecule has 1 atom stereocenters. The number of imide groups is 1. The maximum Gasteiger partial charge on any atom is 0.289 e. The fourth-order valence-corrected chi connectivity index (χ4v) is 4.79. The van der Waals surface area contributed by atoms with Crippen LogP contribution in [0.1, 0.15) is 25.0 Å². The molecule has 2 heterocycles. The number of ether oxygens (including phenoxy) is 1. The smallest absolute Gasteiger partial charge is 0.289 e. The minimum Gasteiger partial charge on any atom is -0.486 e. The Morgan fingerprint density at radius 1 is 1.13 bits per heavy atom. The van der Waals surface area contributed by atoms with Gasteiger partial charge in [0, 0.05) is 24.4 Å². The second-order valence-corrected chi connectivity index (χ2v) is 9.02. The molecule has 2 aromatic rings. The summed E-state index contributed by atoms with van der Waals surface area (Å²) in [6.45, 7) is 8.19. The molecule has 2 aromatic carbocycles. The van der Waals surface area contributed by atoms with Gasteiger partial charge in [0.15, 0.2) is 0 Å². The number of amides is 2. The Balaban J connectivity index is 1.39. The van der Waals surface area contributed by atoms with E-state index < -0.39 is 0 Å². The Morgan fingerprint density at radius 2 is 1.84 bits per heavy atom. The summed E-state index contributed by atoms with van der Waals surface area (Å²) in [5.74, 6) is 1.40. The number of para-hydroxylation sites is 1. The Kier molecular flexibility index (Phi) is 5.87. The number of nitrogens with zero attached hydrogens (tertiary/aromatic N) is 3. The fourth-order valence-electron chi connectivity index (χ4n) is 3.65. The van der Waals surface area contributed by atoms with Crippen LogP contribution in [-0.2, 0) is 11.2 Å². The first-order valence-corrected chi connectivity index (χ1v) is 11.1. The van der Waals surface area contributed by atoms with Crippen LogP contribution in [0.15, 0.2) is 60.1 Å². The molecule has 0 bridgehead atoms. The summed E-state index contributed by atoms with van der Waals surface area (Å²) in [6.07, 6.45) is 0.519. The first-order chi connectivity index (χ1) is 14.8. The highest BCUT2D eigenvalue weighted by atomic mass is 32.2. The first-order valence-electron chi connectivity index (χ1n) is 10.2. The number of carbonyl (C=O) groups excluding carboxylic acids is 2. The van der Waals surface area contributed by atoms with Crippen LogP contribution in [0.5, 0.6) is 5.75 Å². The van der Waals surface area contributed by atoms with Gasteiger partial charge in [0.25, 0.3) is 5.24 Å². The third kappa shape index (κ3) is 4.23. The lowest BCUT2D eigenvalue weighted by Gasteiger charge is -2.28. The van der Waals surface area contributed by atoms with Crippen molar-refractivity contribution in [2.75, 3.05) is 13.7 Å². The second kappa shape index (κ2) is 8.59. The molecule has 2 amide bonds. The first kappa shape index (κ1) is 21.2. The van der Waals surface area contributed by atoms with Gasteiger partial charge in [0.2, 0.25) is 5.91 Å². The number of hydrogen-bond acceptors (Lipinski definition) is 6. The van der Waals surface area contributed by atoms with Crippen molar-refractivity contribution < 1.29 is 14.3 Å². The molecule has 160 valence electrons. The van der Waals surface area contributed by atoms with Gasteiger partial charge in [-0.1, -0.05) is 48.7 Å². The van der Waals surface area contributed by atoms with Crippen molar-refractivity contribution in [2.24, 2.45) is 4.99 Å². The lowest BCUT2D eigenvalue weighted by atomic mass is 10.1. The van der Waals surface area contributed by atoms with Crippen LogP contribution in [0.2, 0.25) is 0 Å². The molecule has 1 saturated heterocycles. The van der Waals surface area contributed by atoms with E-state index in [9.17, 15) is 9.59 Å². The standard InChI is InChI=1S/C24H25N3O3S/c1-15(2)27-23(28)21(31-24(27)29)13-17-9-11-18(12-10-17)30-14-22-25-20-8-6-5-7-19(20)16(3)26(22)4/h5-12,15,21H,3,13-14H2,1-2,4H3. The van der Waals surface area contributed by atoms with Gasteiger partial charge in [-0.3, -0.25) is 14.5 Å². The Hall–Kier alpha value is -3.06. The lowest BCUT2D eigenvalue weighted by molar-refractivity contribution is -0.127. The van der Waals surface area contributed by atoms with Crippen molar-refractivity contribution in [1.82, 2.24) is 9.80 Å². The van der Waals surface area contributed by atoms with Crippen molar-refractivity contribution >= 4 is 40.1 Å². The van der Waals surface area contributed by atoms with Crippen molar-refractivity contribution in [3.05, 3.63) is 66.2 Å². The molecular formula is C24H25N3O3S. The number of carbonyl (C=O) groups is 2. The summed E-state index contributed by atoms with van der Waals surface area (Å²) >= 11 is 1.11. The van der Waals surface area contributed by atoms with E-state index in [2.05, 4.69) is 6.58 Å². The lowest BCUT2D eigenvalue weighted by Crippen LogP contribution is -2.37. The molecule has 1 fully saturated rings. The third-order valence-corrected chi connectivity index (χ3v) is 6.49. The topological polar surface area (TPSA) is 62.2 Å². The van der Waals surface area contributed by atoms with Gasteiger partial charge in [-0.25, -0.2) is 4.99 Å². The van der Waals surface area contributed by atoms with E-state index in [0.29, 0.717) is 13.0 Å². The Labute approximate surface area is 186 Å². The van der Waals surface area contributed by atoms with Crippen molar-refractivity contribution in [3.63, 3.8) is 0 Å². The third-order valence-electron chi connectivity index (χ3n) is 5.44. The van der Waals surface area contributed by atoms with Crippen molar-refractivity contribution in [1.29, 1.82) is 0 Å². The van der Waals surface area contributed by atoms with Crippen LogP contribution >= 0.6 is 11.8 Å². The Bertz CT molecular complexity index is 1060. The molecule has 4 rings (SSSR count). The molecule has 1 unspecified atom stereocenters. The number of amidine groups is 1. The summed E-state index contributed by atoms with van der Waals surface area (Å²) < 4.78 is 5.94. The predicted molar refractivity (Wildman–Crippen MR) is 125 cm³/mol. The number of rotatable bonds is 6. The number of thioether (sulfide) groups is 1. The second-order valence-electron chi connectivity index (χ2n) is 7.86. The highest BCUT2D eigenvalue weighted by Crippen LogP contribution is 2.33. The van der Waals surface area contributed by atoms with Crippen LogP contribution in [0.25, 0.3) is 5.70 Å². The van der Waals surface area contributed by atoms with Crippen molar-refractivity contribution in [2.45, 2.75) is 31.6 Å². The van der Waals surface area contributed by atoms with Crippen molar-refractivity contribution in [3.8, 4) is 5.75 Å². The largest absolute Gasteiger partial charge is 0.486 e. The highest BCUT2D eigenvalue weighted by Gasteiger charge is 2.40.